The molecule has 0 saturated heterocycles. The minimum atomic E-state index is -0.802. The maximum absolute atomic E-state index is 12.4. The molecule has 1 aromatic heterocycles. The molecule has 0 aliphatic carbocycles. The van der Waals surface area contributed by atoms with Gasteiger partial charge in [-0.05, 0) is 41.5 Å². The molecule has 8 nitrogen and oxygen atoms in total. The summed E-state index contributed by atoms with van der Waals surface area (Å²) in [4.78, 5) is 41.5. The van der Waals surface area contributed by atoms with E-state index >= 15 is 0 Å². The lowest BCUT2D eigenvalue weighted by Crippen LogP contribution is -2.48. The van der Waals surface area contributed by atoms with E-state index in [9.17, 15) is 14.4 Å². The second kappa shape index (κ2) is 6.50. The van der Waals surface area contributed by atoms with Gasteiger partial charge in [-0.2, -0.15) is 0 Å². The van der Waals surface area contributed by atoms with Crippen molar-refractivity contribution in [1.82, 2.24) is 14.5 Å². The Morgan fingerprint density at radius 2 is 1.68 bits per heavy atom. The lowest BCUT2D eigenvalue weighted by molar-refractivity contribution is 0.0164. The molecule has 2 heterocycles. The fourth-order valence-corrected chi connectivity index (χ4v) is 2.40. The van der Waals surface area contributed by atoms with Gasteiger partial charge in [0.2, 0.25) is 6.29 Å². The summed E-state index contributed by atoms with van der Waals surface area (Å²) in [5.74, 6) is 0. The smallest absolute Gasteiger partial charge is 0.420 e. The van der Waals surface area contributed by atoms with Gasteiger partial charge in [-0.15, -0.1) is 0 Å². The largest absolute Gasteiger partial charge is 0.444 e. The summed E-state index contributed by atoms with van der Waals surface area (Å²) in [5, 5.41) is 0. The standard InChI is InChI=1S/C17H24N3O5/c1-16(2,3)24-14(22)19-8-13-12(7-11(19)9-21)18-10-20(13)15(23)25-17(4,5)6/h10-11H,7-8H2,1-6H3. The molecule has 1 atom stereocenters. The minimum Gasteiger partial charge on any atom is -0.444 e. The Bertz CT molecular complexity index is 681. The Morgan fingerprint density at radius 3 is 2.20 bits per heavy atom. The molecule has 1 aliphatic heterocycles. The van der Waals surface area contributed by atoms with Gasteiger partial charge >= 0.3 is 12.2 Å². The number of amides is 1. The van der Waals surface area contributed by atoms with E-state index in [1.165, 1.54) is 15.8 Å². The van der Waals surface area contributed by atoms with Crippen LogP contribution in [0.1, 0.15) is 52.9 Å². The minimum absolute atomic E-state index is 0.0173. The second-order valence-corrected chi connectivity index (χ2v) is 7.93. The third kappa shape index (κ3) is 4.58. The molecule has 25 heavy (non-hydrogen) atoms. The van der Waals surface area contributed by atoms with Crippen molar-refractivity contribution in [2.45, 2.75) is 71.8 Å². The molecule has 0 spiro atoms. The number of ether oxygens (including phenoxy) is 2. The van der Waals surface area contributed by atoms with Gasteiger partial charge in [0.1, 0.15) is 23.6 Å². The number of fused-ring (bicyclic) bond motifs is 1. The Labute approximate surface area is 147 Å². The van der Waals surface area contributed by atoms with Crippen LogP contribution in [0.2, 0.25) is 0 Å². The highest BCUT2D eigenvalue weighted by molar-refractivity contribution is 5.76. The Kier molecular flexibility index (Phi) is 4.92. The molecule has 1 amide bonds. The number of rotatable bonds is 1. The molecule has 1 radical (unpaired) electrons. The molecule has 2 rings (SSSR count). The number of hydrogen-bond acceptors (Lipinski definition) is 6. The van der Waals surface area contributed by atoms with E-state index in [-0.39, 0.29) is 13.0 Å². The number of nitrogens with zero attached hydrogens (tertiary/aromatic N) is 3. The maximum Gasteiger partial charge on any atom is 0.420 e. The molecule has 0 fully saturated rings. The van der Waals surface area contributed by atoms with Gasteiger partial charge in [-0.25, -0.2) is 19.1 Å². The molecule has 1 aliphatic rings. The zero-order valence-corrected chi connectivity index (χ0v) is 15.5. The first kappa shape index (κ1) is 19.0. The van der Waals surface area contributed by atoms with Crippen molar-refractivity contribution >= 4 is 18.5 Å². The summed E-state index contributed by atoms with van der Waals surface area (Å²) >= 11 is 0. The first-order valence-electron chi connectivity index (χ1n) is 8.07. The molecule has 137 valence electrons. The third-order valence-corrected chi connectivity index (χ3v) is 3.39. The van der Waals surface area contributed by atoms with Crippen LogP contribution < -0.4 is 0 Å². The summed E-state index contributed by atoms with van der Waals surface area (Å²) in [5.41, 5.74) is -0.283. The Hall–Kier alpha value is -2.38. The number of imidazole rings is 1. The molecule has 1 unspecified atom stereocenters. The topological polar surface area (TPSA) is 90.7 Å². The first-order chi connectivity index (χ1) is 11.4. The summed E-state index contributed by atoms with van der Waals surface area (Å²) in [6.45, 7) is 10.5. The van der Waals surface area contributed by atoms with Gasteiger partial charge in [0.15, 0.2) is 0 Å². The zero-order valence-electron chi connectivity index (χ0n) is 15.5. The first-order valence-corrected chi connectivity index (χ1v) is 8.07. The van der Waals surface area contributed by atoms with Gasteiger partial charge < -0.3 is 9.47 Å². The summed E-state index contributed by atoms with van der Waals surface area (Å²) in [6, 6.07) is -0.802. The SMILES string of the molecule is CC(C)(C)OC(=O)N1Cc2c(ncn2C(=O)OC(C)(C)C)CC1[C]=O. The average molecular weight is 350 g/mol. The van der Waals surface area contributed by atoms with Gasteiger partial charge in [-0.1, -0.05) is 0 Å². The molecule has 0 aromatic carbocycles. The monoisotopic (exact) mass is 350 g/mol. The van der Waals surface area contributed by atoms with Crippen LogP contribution in [0.4, 0.5) is 9.59 Å². The van der Waals surface area contributed by atoms with Gasteiger partial charge in [0.05, 0.1) is 17.9 Å². The molecule has 0 bridgehead atoms. The molecular formula is C17H24N3O5. The molecule has 0 saturated carbocycles. The summed E-state index contributed by atoms with van der Waals surface area (Å²) in [7, 11) is 0. The summed E-state index contributed by atoms with van der Waals surface area (Å²) < 4.78 is 12.0. The zero-order chi connectivity index (χ0) is 19.0. The van der Waals surface area contributed by atoms with Crippen molar-refractivity contribution < 1.29 is 23.9 Å². The van der Waals surface area contributed by atoms with Crippen molar-refractivity contribution in [1.29, 1.82) is 0 Å². The number of carbonyl (C=O) groups is 2. The van der Waals surface area contributed by atoms with Crippen LogP contribution in [0, 0.1) is 0 Å². The van der Waals surface area contributed by atoms with Crippen molar-refractivity contribution in [3.8, 4) is 0 Å². The molecule has 8 heteroatoms. The van der Waals surface area contributed by atoms with Gasteiger partial charge in [0.25, 0.3) is 0 Å². The van der Waals surface area contributed by atoms with E-state index < -0.39 is 29.4 Å². The highest BCUT2D eigenvalue weighted by Crippen LogP contribution is 2.24. The normalized spacial score (nSPS) is 17.7. The van der Waals surface area contributed by atoms with Crippen LogP contribution in [0.15, 0.2) is 6.33 Å². The van der Waals surface area contributed by atoms with E-state index in [4.69, 9.17) is 9.47 Å². The number of carbonyl (C=O) groups excluding carboxylic acids is 3. The fourth-order valence-electron chi connectivity index (χ4n) is 2.40. The van der Waals surface area contributed by atoms with E-state index in [2.05, 4.69) is 4.98 Å². The fraction of sp³-hybridized carbons (Fsp3) is 0.647. The number of hydrogen-bond donors (Lipinski definition) is 0. The van der Waals surface area contributed by atoms with E-state index in [1.54, 1.807) is 41.5 Å². The molecule has 0 N–H and O–H groups in total. The predicted octanol–water partition coefficient (Wildman–Crippen LogP) is 2.44. The van der Waals surface area contributed by atoms with Crippen LogP contribution in [-0.4, -0.2) is 50.2 Å². The predicted molar refractivity (Wildman–Crippen MR) is 88.8 cm³/mol. The third-order valence-electron chi connectivity index (χ3n) is 3.39. The number of aromatic nitrogens is 2. The van der Waals surface area contributed by atoms with Crippen LogP contribution in [0.25, 0.3) is 0 Å². The Morgan fingerprint density at radius 1 is 1.12 bits per heavy atom. The van der Waals surface area contributed by atoms with E-state index in [0.717, 1.165) is 0 Å². The molecular weight excluding hydrogens is 326 g/mol. The van der Waals surface area contributed by atoms with E-state index in [1.807, 2.05) is 6.29 Å². The average Bonchev–Trinajstić information content (AvgIpc) is 2.84. The van der Waals surface area contributed by atoms with Crippen molar-refractivity contribution in [2.24, 2.45) is 0 Å². The van der Waals surface area contributed by atoms with Crippen LogP contribution in [0.3, 0.4) is 0 Å². The van der Waals surface area contributed by atoms with Crippen molar-refractivity contribution in [2.75, 3.05) is 0 Å². The Balaban J connectivity index is 2.28. The van der Waals surface area contributed by atoms with Crippen molar-refractivity contribution in [3.05, 3.63) is 17.7 Å². The maximum atomic E-state index is 12.4. The summed E-state index contributed by atoms with van der Waals surface area (Å²) in [6.07, 6.45) is 2.15. The van der Waals surface area contributed by atoms with Crippen LogP contribution in [0.5, 0.6) is 0 Å². The molecule has 1 aromatic rings. The van der Waals surface area contributed by atoms with E-state index in [0.29, 0.717) is 11.4 Å². The van der Waals surface area contributed by atoms with Gasteiger partial charge in [-0.3, -0.25) is 9.69 Å². The van der Waals surface area contributed by atoms with Gasteiger partial charge in [0, 0.05) is 6.42 Å². The highest BCUT2D eigenvalue weighted by atomic mass is 16.6. The van der Waals surface area contributed by atoms with Crippen LogP contribution in [-0.2, 0) is 27.2 Å². The van der Waals surface area contributed by atoms with Crippen LogP contribution >= 0.6 is 0 Å². The van der Waals surface area contributed by atoms with Crippen molar-refractivity contribution in [3.63, 3.8) is 0 Å². The lowest BCUT2D eigenvalue weighted by Gasteiger charge is -2.33. The lowest BCUT2D eigenvalue weighted by atomic mass is 10.0. The quantitative estimate of drug-likeness (QED) is 0.772. The highest BCUT2D eigenvalue weighted by Gasteiger charge is 2.36. The second-order valence-electron chi connectivity index (χ2n) is 7.93.